The van der Waals surface area contributed by atoms with Crippen molar-refractivity contribution in [1.82, 2.24) is 20.0 Å². The molecule has 2 N–H and O–H groups in total. The van der Waals surface area contributed by atoms with Crippen molar-refractivity contribution in [3.8, 4) is 0 Å². The third-order valence-electron chi connectivity index (χ3n) is 3.05. The minimum absolute atomic E-state index is 0.140. The SMILES string of the molecule is O=C(Nc1cnn(C2CCOC2)c1)c1ccc(=O)[nH]n1. The van der Waals surface area contributed by atoms with Gasteiger partial charge in [-0.3, -0.25) is 14.3 Å². The van der Waals surface area contributed by atoms with E-state index in [-0.39, 0.29) is 17.3 Å². The lowest BCUT2D eigenvalue weighted by Crippen LogP contribution is -2.17. The number of aromatic amines is 1. The molecule has 2 aromatic heterocycles. The van der Waals surface area contributed by atoms with E-state index in [2.05, 4.69) is 20.6 Å². The van der Waals surface area contributed by atoms with Crippen LogP contribution in [0.4, 0.5) is 5.69 Å². The van der Waals surface area contributed by atoms with Gasteiger partial charge in [-0.15, -0.1) is 0 Å². The number of nitrogens with one attached hydrogen (secondary N) is 2. The van der Waals surface area contributed by atoms with Crippen molar-refractivity contribution >= 4 is 11.6 Å². The standard InChI is InChI=1S/C12H13N5O3/c18-11-2-1-10(15-16-11)12(19)14-8-5-13-17(6-8)9-3-4-20-7-9/h1-2,5-6,9H,3-4,7H2,(H,14,19)(H,16,18). The van der Waals surface area contributed by atoms with Crippen LogP contribution in [0.5, 0.6) is 0 Å². The molecule has 0 bridgehead atoms. The molecule has 0 spiro atoms. The molecule has 1 aliphatic heterocycles. The van der Waals surface area contributed by atoms with Gasteiger partial charge in [0, 0.05) is 18.9 Å². The van der Waals surface area contributed by atoms with E-state index in [0.717, 1.165) is 13.0 Å². The highest BCUT2D eigenvalue weighted by molar-refractivity contribution is 6.02. The number of rotatable bonds is 3. The Labute approximate surface area is 113 Å². The molecular formula is C12H13N5O3. The first-order valence-corrected chi connectivity index (χ1v) is 6.21. The summed E-state index contributed by atoms with van der Waals surface area (Å²) in [4.78, 5) is 22.8. The lowest BCUT2D eigenvalue weighted by Gasteiger charge is -2.06. The molecule has 3 heterocycles. The first-order chi connectivity index (χ1) is 9.72. The zero-order chi connectivity index (χ0) is 13.9. The Balaban J connectivity index is 1.69. The largest absolute Gasteiger partial charge is 0.379 e. The van der Waals surface area contributed by atoms with E-state index in [1.54, 1.807) is 17.1 Å². The Morgan fingerprint density at radius 3 is 3.10 bits per heavy atom. The fourth-order valence-electron chi connectivity index (χ4n) is 2.00. The molecular weight excluding hydrogens is 262 g/mol. The molecule has 0 aliphatic carbocycles. The second-order valence-corrected chi connectivity index (χ2v) is 4.49. The van der Waals surface area contributed by atoms with Crippen molar-refractivity contribution in [3.63, 3.8) is 0 Å². The molecule has 1 amide bonds. The molecule has 1 atom stereocenters. The van der Waals surface area contributed by atoms with E-state index in [4.69, 9.17) is 4.74 Å². The minimum Gasteiger partial charge on any atom is -0.379 e. The van der Waals surface area contributed by atoms with Gasteiger partial charge in [-0.1, -0.05) is 0 Å². The summed E-state index contributed by atoms with van der Waals surface area (Å²) in [5, 5.41) is 12.8. The van der Waals surface area contributed by atoms with Crippen LogP contribution in [0, 0.1) is 0 Å². The van der Waals surface area contributed by atoms with Crippen molar-refractivity contribution in [3.05, 3.63) is 40.6 Å². The average Bonchev–Trinajstić information content (AvgIpc) is 3.09. The molecule has 20 heavy (non-hydrogen) atoms. The molecule has 1 aliphatic rings. The third kappa shape index (κ3) is 2.59. The van der Waals surface area contributed by atoms with Gasteiger partial charge in [-0.25, -0.2) is 5.10 Å². The van der Waals surface area contributed by atoms with E-state index >= 15 is 0 Å². The lowest BCUT2D eigenvalue weighted by molar-refractivity contribution is 0.102. The van der Waals surface area contributed by atoms with E-state index < -0.39 is 5.91 Å². The fraction of sp³-hybridized carbons (Fsp3) is 0.333. The normalized spacial score (nSPS) is 18.1. The van der Waals surface area contributed by atoms with Crippen LogP contribution in [0.15, 0.2) is 29.3 Å². The molecule has 8 heteroatoms. The van der Waals surface area contributed by atoms with Crippen LogP contribution in [0.2, 0.25) is 0 Å². The Morgan fingerprint density at radius 1 is 1.50 bits per heavy atom. The van der Waals surface area contributed by atoms with Gasteiger partial charge in [0.05, 0.1) is 24.5 Å². The average molecular weight is 275 g/mol. The number of carbonyl (C=O) groups is 1. The summed E-state index contributed by atoms with van der Waals surface area (Å²) >= 11 is 0. The summed E-state index contributed by atoms with van der Waals surface area (Å²) in [7, 11) is 0. The van der Waals surface area contributed by atoms with Gasteiger partial charge in [0.2, 0.25) is 0 Å². The van der Waals surface area contributed by atoms with Gasteiger partial charge in [-0.05, 0) is 12.5 Å². The van der Waals surface area contributed by atoms with Gasteiger partial charge in [-0.2, -0.15) is 10.2 Å². The Bertz CT molecular complexity index is 651. The van der Waals surface area contributed by atoms with Gasteiger partial charge in [0.1, 0.15) is 5.69 Å². The number of hydrogen-bond donors (Lipinski definition) is 2. The molecule has 0 aromatic carbocycles. The first kappa shape index (κ1) is 12.5. The molecule has 1 unspecified atom stereocenters. The van der Waals surface area contributed by atoms with Crippen LogP contribution >= 0.6 is 0 Å². The number of nitrogens with zero attached hydrogens (tertiary/aromatic N) is 3. The number of amides is 1. The maximum atomic E-state index is 11.9. The van der Waals surface area contributed by atoms with Crippen LogP contribution < -0.4 is 10.9 Å². The van der Waals surface area contributed by atoms with E-state index in [1.807, 2.05) is 0 Å². The van der Waals surface area contributed by atoms with Gasteiger partial charge in [0.15, 0.2) is 0 Å². The molecule has 3 rings (SSSR count). The summed E-state index contributed by atoms with van der Waals surface area (Å²) in [5.41, 5.74) is 0.368. The highest BCUT2D eigenvalue weighted by Crippen LogP contribution is 2.19. The van der Waals surface area contributed by atoms with Gasteiger partial charge in [0.25, 0.3) is 11.5 Å². The molecule has 0 saturated carbocycles. The molecule has 8 nitrogen and oxygen atoms in total. The number of ether oxygens (including phenoxy) is 1. The Kier molecular flexibility index (Phi) is 3.30. The maximum absolute atomic E-state index is 11.9. The summed E-state index contributed by atoms with van der Waals surface area (Å²) in [6, 6.07) is 2.83. The van der Waals surface area contributed by atoms with Gasteiger partial charge < -0.3 is 10.1 Å². The van der Waals surface area contributed by atoms with Crippen LogP contribution in [0.1, 0.15) is 23.0 Å². The number of aromatic nitrogens is 4. The Morgan fingerprint density at radius 2 is 2.40 bits per heavy atom. The minimum atomic E-state index is -0.400. The van der Waals surface area contributed by atoms with Crippen LogP contribution in [-0.4, -0.2) is 39.1 Å². The predicted octanol–water partition coefficient (Wildman–Crippen LogP) is 0.180. The number of hydrogen-bond acceptors (Lipinski definition) is 5. The smallest absolute Gasteiger partial charge is 0.276 e. The topological polar surface area (TPSA) is 102 Å². The lowest BCUT2D eigenvalue weighted by atomic mass is 10.3. The second-order valence-electron chi connectivity index (χ2n) is 4.49. The van der Waals surface area contributed by atoms with Crippen molar-refractivity contribution in [2.45, 2.75) is 12.5 Å². The molecule has 1 fully saturated rings. The van der Waals surface area contributed by atoms with Crippen molar-refractivity contribution in [2.24, 2.45) is 0 Å². The maximum Gasteiger partial charge on any atom is 0.276 e. The molecule has 2 aromatic rings. The summed E-state index contributed by atoms with van der Waals surface area (Å²) in [6.07, 6.45) is 4.24. The van der Waals surface area contributed by atoms with Crippen molar-refractivity contribution in [1.29, 1.82) is 0 Å². The van der Waals surface area contributed by atoms with Crippen LogP contribution in [0.3, 0.4) is 0 Å². The fourth-order valence-corrected chi connectivity index (χ4v) is 2.00. The molecule has 0 radical (unpaired) electrons. The van der Waals surface area contributed by atoms with Crippen molar-refractivity contribution < 1.29 is 9.53 Å². The molecule has 1 saturated heterocycles. The van der Waals surface area contributed by atoms with Gasteiger partial charge >= 0.3 is 0 Å². The van der Waals surface area contributed by atoms with Crippen LogP contribution in [-0.2, 0) is 4.74 Å². The highest BCUT2D eigenvalue weighted by Gasteiger charge is 2.18. The van der Waals surface area contributed by atoms with E-state index in [1.165, 1.54) is 12.1 Å². The monoisotopic (exact) mass is 275 g/mol. The number of H-pyrrole nitrogens is 1. The zero-order valence-electron chi connectivity index (χ0n) is 10.6. The highest BCUT2D eigenvalue weighted by atomic mass is 16.5. The zero-order valence-corrected chi connectivity index (χ0v) is 10.6. The third-order valence-corrected chi connectivity index (χ3v) is 3.05. The van der Waals surface area contributed by atoms with Crippen LogP contribution in [0.25, 0.3) is 0 Å². The quantitative estimate of drug-likeness (QED) is 0.832. The summed E-state index contributed by atoms with van der Waals surface area (Å²) < 4.78 is 7.07. The first-order valence-electron chi connectivity index (χ1n) is 6.21. The predicted molar refractivity (Wildman–Crippen MR) is 69.5 cm³/mol. The number of carbonyl (C=O) groups excluding carboxylic acids is 1. The summed E-state index contributed by atoms with van der Waals surface area (Å²) in [6.45, 7) is 1.37. The Hall–Kier alpha value is -2.48. The van der Waals surface area contributed by atoms with E-state index in [0.29, 0.717) is 12.3 Å². The molecule has 104 valence electrons. The van der Waals surface area contributed by atoms with E-state index in [9.17, 15) is 9.59 Å². The van der Waals surface area contributed by atoms with Crippen molar-refractivity contribution in [2.75, 3.05) is 18.5 Å². The number of anilines is 1. The summed E-state index contributed by atoms with van der Waals surface area (Å²) in [5.74, 6) is -0.400. The second kappa shape index (κ2) is 5.25.